The summed E-state index contributed by atoms with van der Waals surface area (Å²) in [6, 6.07) is 9.80. The lowest BCUT2D eigenvalue weighted by Crippen LogP contribution is -2.25. The highest BCUT2D eigenvalue weighted by molar-refractivity contribution is 5.76. The summed E-state index contributed by atoms with van der Waals surface area (Å²) in [5.41, 5.74) is 3.15. The molecule has 0 atom stereocenters. The number of nitrogens with zero attached hydrogens (tertiary/aromatic N) is 2. The Morgan fingerprint density at radius 3 is 2.74 bits per heavy atom. The van der Waals surface area contributed by atoms with Crippen LogP contribution in [-0.4, -0.2) is 33.5 Å². The first-order chi connectivity index (χ1) is 13.1. The van der Waals surface area contributed by atoms with Crippen LogP contribution in [0.1, 0.15) is 31.5 Å². The Morgan fingerprint density at radius 2 is 2.04 bits per heavy atom. The zero-order valence-electron chi connectivity index (χ0n) is 15.6. The van der Waals surface area contributed by atoms with Crippen molar-refractivity contribution in [2.75, 3.05) is 13.1 Å². The highest BCUT2D eigenvalue weighted by atomic mass is 16.1. The molecule has 0 aliphatic rings. The molecule has 3 aromatic rings. The van der Waals surface area contributed by atoms with Crippen LogP contribution >= 0.6 is 0 Å². The highest BCUT2D eigenvalue weighted by Gasteiger charge is 2.04. The molecule has 27 heavy (non-hydrogen) atoms. The minimum Gasteiger partial charge on any atom is -0.375 e. The van der Waals surface area contributed by atoms with Crippen molar-refractivity contribution < 1.29 is 4.79 Å². The Morgan fingerprint density at radius 1 is 1.26 bits per heavy atom. The SMILES string of the molecule is C[CH-]c1cc2cn(-c3ccc(CNCCCNC(C)=O)cc3)c(=O)nc2[nH]1. The Bertz CT molecular complexity index is 972. The van der Waals surface area contributed by atoms with Gasteiger partial charge in [0.25, 0.3) is 0 Å². The summed E-state index contributed by atoms with van der Waals surface area (Å²) in [5, 5.41) is 7.01. The maximum absolute atomic E-state index is 12.3. The number of carbonyl (C=O) groups is 1. The second-order valence-electron chi connectivity index (χ2n) is 6.39. The molecule has 0 spiro atoms. The molecule has 3 N–H and O–H groups in total. The third-order valence-corrected chi connectivity index (χ3v) is 4.29. The second kappa shape index (κ2) is 8.55. The quantitative estimate of drug-likeness (QED) is 0.419. The van der Waals surface area contributed by atoms with Gasteiger partial charge in [-0.15, -0.1) is 12.6 Å². The maximum atomic E-state index is 12.3. The van der Waals surface area contributed by atoms with E-state index in [1.807, 2.05) is 49.9 Å². The normalized spacial score (nSPS) is 10.9. The van der Waals surface area contributed by atoms with Crippen LogP contribution in [-0.2, 0) is 11.3 Å². The van der Waals surface area contributed by atoms with Gasteiger partial charge >= 0.3 is 5.69 Å². The molecule has 0 unspecified atom stereocenters. The number of aromatic amines is 1. The van der Waals surface area contributed by atoms with Gasteiger partial charge in [0.1, 0.15) is 5.65 Å². The fourth-order valence-corrected chi connectivity index (χ4v) is 2.84. The van der Waals surface area contributed by atoms with Crippen LogP contribution in [0.4, 0.5) is 0 Å². The van der Waals surface area contributed by atoms with E-state index in [9.17, 15) is 9.59 Å². The van der Waals surface area contributed by atoms with Gasteiger partial charge in [0.15, 0.2) is 0 Å². The van der Waals surface area contributed by atoms with E-state index >= 15 is 0 Å². The Kier molecular flexibility index (Phi) is 5.93. The summed E-state index contributed by atoms with van der Waals surface area (Å²) in [6.07, 6.45) is 4.63. The van der Waals surface area contributed by atoms with Crippen LogP contribution < -0.4 is 16.3 Å². The Hall–Kier alpha value is -3.06. The molecule has 0 aliphatic heterocycles. The molecule has 0 saturated carbocycles. The monoisotopic (exact) mass is 366 g/mol. The average Bonchev–Trinajstić information content (AvgIpc) is 3.06. The molecule has 3 rings (SSSR count). The molecule has 0 saturated heterocycles. The smallest absolute Gasteiger partial charge is 0.354 e. The van der Waals surface area contributed by atoms with Crippen molar-refractivity contribution in [3.63, 3.8) is 0 Å². The standard InChI is InChI=1S/C20H24N5O2/c1-3-17-11-16-13-25(20(27)24-19(16)23-17)18-7-5-15(6-8-18)12-21-9-4-10-22-14(2)26/h3,5-8,11,13,21H,4,9-10,12H2,1-2H3,(H,22,26)(H,23,24,27)/q-1. The topological polar surface area (TPSA) is 91.8 Å². The van der Waals surface area contributed by atoms with Crippen LogP contribution in [0.15, 0.2) is 41.3 Å². The van der Waals surface area contributed by atoms with Gasteiger partial charge in [-0.05, 0) is 36.0 Å². The van der Waals surface area contributed by atoms with E-state index in [1.54, 1.807) is 4.57 Å². The van der Waals surface area contributed by atoms with Crippen LogP contribution in [0.25, 0.3) is 16.7 Å². The molecular weight excluding hydrogens is 342 g/mol. The fraction of sp³-hybridized carbons (Fsp3) is 0.300. The molecule has 0 bridgehead atoms. The third kappa shape index (κ3) is 4.77. The molecule has 2 aromatic heterocycles. The number of fused-ring (bicyclic) bond motifs is 1. The minimum absolute atomic E-state index is 0.00260. The van der Waals surface area contributed by atoms with E-state index in [4.69, 9.17) is 0 Å². The molecule has 1 aromatic carbocycles. The third-order valence-electron chi connectivity index (χ3n) is 4.29. The van der Waals surface area contributed by atoms with Gasteiger partial charge < -0.3 is 15.6 Å². The molecule has 1 amide bonds. The first-order valence-electron chi connectivity index (χ1n) is 9.03. The lowest BCUT2D eigenvalue weighted by atomic mass is 10.2. The van der Waals surface area contributed by atoms with E-state index in [-0.39, 0.29) is 11.6 Å². The van der Waals surface area contributed by atoms with E-state index in [0.29, 0.717) is 12.2 Å². The number of benzene rings is 1. The summed E-state index contributed by atoms with van der Waals surface area (Å²) in [6.45, 7) is 5.69. The number of amides is 1. The van der Waals surface area contributed by atoms with Crippen LogP contribution in [0, 0.1) is 6.42 Å². The fourth-order valence-electron chi connectivity index (χ4n) is 2.84. The summed E-state index contributed by atoms with van der Waals surface area (Å²) in [7, 11) is 0. The predicted molar refractivity (Wildman–Crippen MR) is 106 cm³/mol. The molecule has 2 heterocycles. The number of nitrogens with one attached hydrogen (secondary N) is 3. The van der Waals surface area contributed by atoms with Crippen LogP contribution in [0.3, 0.4) is 0 Å². The van der Waals surface area contributed by atoms with Gasteiger partial charge in [-0.25, -0.2) is 11.2 Å². The Balaban J connectivity index is 1.63. The molecular formula is C20H24N5O2-. The van der Waals surface area contributed by atoms with Gasteiger partial charge in [-0.2, -0.15) is 11.1 Å². The summed E-state index contributed by atoms with van der Waals surface area (Å²) < 4.78 is 1.56. The van der Waals surface area contributed by atoms with Crippen molar-refractivity contribution in [3.8, 4) is 5.69 Å². The van der Waals surface area contributed by atoms with Crippen molar-refractivity contribution in [2.24, 2.45) is 0 Å². The van der Waals surface area contributed by atoms with Crippen molar-refractivity contribution >= 4 is 16.9 Å². The maximum Gasteiger partial charge on any atom is 0.354 e. The van der Waals surface area contributed by atoms with Crippen LogP contribution in [0.2, 0.25) is 0 Å². The van der Waals surface area contributed by atoms with E-state index < -0.39 is 0 Å². The second-order valence-corrected chi connectivity index (χ2v) is 6.39. The van der Waals surface area contributed by atoms with Gasteiger partial charge in [0, 0.05) is 26.2 Å². The van der Waals surface area contributed by atoms with Crippen molar-refractivity contribution in [1.29, 1.82) is 0 Å². The average molecular weight is 366 g/mol. The van der Waals surface area contributed by atoms with Crippen LogP contribution in [0.5, 0.6) is 0 Å². The molecule has 0 aliphatic carbocycles. The van der Waals surface area contributed by atoms with Gasteiger partial charge in [-0.3, -0.25) is 9.36 Å². The van der Waals surface area contributed by atoms with Gasteiger partial charge in [0.2, 0.25) is 5.91 Å². The number of H-pyrrole nitrogens is 1. The highest BCUT2D eigenvalue weighted by Crippen LogP contribution is 2.15. The number of hydrogen-bond donors (Lipinski definition) is 3. The van der Waals surface area contributed by atoms with Gasteiger partial charge in [0.05, 0.1) is 5.69 Å². The Labute approximate surface area is 157 Å². The zero-order chi connectivity index (χ0) is 19.2. The number of carbonyl (C=O) groups excluding carboxylic acids is 1. The predicted octanol–water partition coefficient (Wildman–Crippen LogP) is 1.90. The lowest BCUT2D eigenvalue weighted by Gasteiger charge is -2.08. The number of rotatable bonds is 8. The van der Waals surface area contributed by atoms with Crippen molar-refractivity contribution in [3.05, 3.63) is 64.7 Å². The largest absolute Gasteiger partial charge is 0.375 e. The summed E-state index contributed by atoms with van der Waals surface area (Å²) in [4.78, 5) is 30.3. The lowest BCUT2D eigenvalue weighted by molar-refractivity contribution is -0.118. The summed E-state index contributed by atoms with van der Waals surface area (Å²) in [5.74, 6) is -0.00260. The van der Waals surface area contributed by atoms with E-state index in [2.05, 4.69) is 20.6 Å². The molecule has 0 fully saturated rings. The van der Waals surface area contributed by atoms with E-state index in [1.165, 1.54) is 6.92 Å². The molecule has 7 heteroatoms. The van der Waals surface area contributed by atoms with E-state index in [0.717, 1.165) is 41.8 Å². The number of hydrogen-bond acceptors (Lipinski definition) is 4. The zero-order valence-corrected chi connectivity index (χ0v) is 15.6. The molecule has 0 radical (unpaired) electrons. The number of aromatic nitrogens is 3. The molecule has 142 valence electrons. The first-order valence-corrected chi connectivity index (χ1v) is 9.03. The summed E-state index contributed by atoms with van der Waals surface area (Å²) >= 11 is 0. The van der Waals surface area contributed by atoms with Gasteiger partial charge in [-0.1, -0.05) is 12.1 Å². The minimum atomic E-state index is -0.309. The molecule has 7 nitrogen and oxygen atoms in total. The van der Waals surface area contributed by atoms with Crippen molar-refractivity contribution in [1.82, 2.24) is 25.2 Å². The first kappa shape index (κ1) is 18.7. The van der Waals surface area contributed by atoms with Crippen molar-refractivity contribution in [2.45, 2.75) is 26.8 Å².